The highest BCUT2D eigenvalue weighted by atomic mass is 16.4. The molecule has 0 aliphatic heterocycles. The molecule has 0 radical (unpaired) electrons. The normalized spacial score (nSPS) is 40.6. The summed E-state index contributed by atoms with van der Waals surface area (Å²) in [5.41, 5.74) is 1.09. The van der Waals surface area contributed by atoms with Crippen molar-refractivity contribution in [1.82, 2.24) is 4.90 Å². The molecule has 3 aliphatic carbocycles. The average molecular weight is 236 g/mol. The van der Waals surface area contributed by atoms with Gasteiger partial charge in [0.25, 0.3) is 0 Å². The molecule has 3 fully saturated rings. The molecule has 0 aromatic rings. The van der Waals surface area contributed by atoms with E-state index in [1.54, 1.807) is 0 Å². The summed E-state index contributed by atoms with van der Waals surface area (Å²) in [6, 6.07) is 1.17. The summed E-state index contributed by atoms with van der Waals surface area (Å²) in [5, 5.41) is 12.9. The highest BCUT2D eigenvalue weighted by Gasteiger charge is 2.48. The van der Waals surface area contributed by atoms with Gasteiger partial charge < -0.3 is 5.21 Å². The molecule has 3 rings (SSSR count). The van der Waals surface area contributed by atoms with Gasteiger partial charge in [-0.1, -0.05) is 24.4 Å². The predicted octanol–water partition coefficient (Wildman–Crippen LogP) is 2.88. The van der Waals surface area contributed by atoms with Crippen molar-refractivity contribution in [3.8, 4) is 0 Å². The monoisotopic (exact) mass is 236 g/mol. The van der Waals surface area contributed by atoms with Crippen LogP contribution in [0.25, 0.3) is 0 Å². The molecule has 0 aromatic carbocycles. The number of oxime groups is 1. The third kappa shape index (κ3) is 1.88. The highest BCUT2D eigenvalue weighted by Crippen LogP contribution is 2.45. The smallest absolute Gasteiger partial charge is 0.0775 e. The van der Waals surface area contributed by atoms with Gasteiger partial charge in [-0.3, -0.25) is 4.90 Å². The van der Waals surface area contributed by atoms with Crippen LogP contribution in [-0.2, 0) is 0 Å². The molecular formula is C14H24N2O. The third-order valence-corrected chi connectivity index (χ3v) is 5.35. The van der Waals surface area contributed by atoms with Crippen LogP contribution >= 0.6 is 0 Å². The van der Waals surface area contributed by atoms with Crippen molar-refractivity contribution in [2.45, 2.75) is 63.5 Å². The maximum Gasteiger partial charge on any atom is 0.0775 e. The Morgan fingerprint density at radius 3 is 2.59 bits per heavy atom. The zero-order valence-corrected chi connectivity index (χ0v) is 10.8. The van der Waals surface area contributed by atoms with Crippen LogP contribution in [0.1, 0.15) is 51.4 Å². The van der Waals surface area contributed by atoms with Gasteiger partial charge in [0.2, 0.25) is 0 Å². The van der Waals surface area contributed by atoms with Crippen molar-refractivity contribution in [1.29, 1.82) is 0 Å². The molecule has 3 heteroatoms. The van der Waals surface area contributed by atoms with E-state index in [4.69, 9.17) is 0 Å². The summed E-state index contributed by atoms with van der Waals surface area (Å²) in [7, 11) is 2.26. The molecule has 3 atom stereocenters. The van der Waals surface area contributed by atoms with E-state index in [-0.39, 0.29) is 0 Å². The maximum absolute atomic E-state index is 9.27. The highest BCUT2D eigenvalue weighted by molar-refractivity contribution is 5.94. The van der Waals surface area contributed by atoms with E-state index in [1.165, 1.54) is 51.4 Å². The van der Waals surface area contributed by atoms with Crippen LogP contribution in [0.4, 0.5) is 0 Å². The zero-order chi connectivity index (χ0) is 11.8. The van der Waals surface area contributed by atoms with Crippen LogP contribution in [0, 0.1) is 11.8 Å². The van der Waals surface area contributed by atoms with Crippen molar-refractivity contribution >= 4 is 5.71 Å². The van der Waals surface area contributed by atoms with Gasteiger partial charge in [-0.2, -0.15) is 0 Å². The minimum Gasteiger partial charge on any atom is -0.411 e. The van der Waals surface area contributed by atoms with E-state index < -0.39 is 0 Å². The number of hydrogen-bond donors (Lipinski definition) is 1. The lowest BCUT2D eigenvalue weighted by molar-refractivity contribution is 0.138. The second-order valence-electron chi connectivity index (χ2n) is 6.20. The maximum atomic E-state index is 9.27. The van der Waals surface area contributed by atoms with E-state index in [0.29, 0.717) is 12.0 Å². The molecule has 17 heavy (non-hydrogen) atoms. The van der Waals surface area contributed by atoms with Gasteiger partial charge in [-0.15, -0.1) is 0 Å². The van der Waals surface area contributed by atoms with Crippen molar-refractivity contribution < 1.29 is 5.21 Å². The van der Waals surface area contributed by atoms with Gasteiger partial charge in [0, 0.05) is 12.0 Å². The summed E-state index contributed by atoms with van der Waals surface area (Å²) in [5.74, 6) is 1.35. The first kappa shape index (κ1) is 11.5. The van der Waals surface area contributed by atoms with E-state index in [0.717, 1.165) is 17.7 Å². The Labute approximate surface area is 104 Å². The number of nitrogens with zero attached hydrogens (tertiary/aromatic N) is 2. The topological polar surface area (TPSA) is 35.8 Å². The number of rotatable bonds is 2. The zero-order valence-electron chi connectivity index (χ0n) is 10.8. The fourth-order valence-electron chi connectivity index (χ4n) is 4.45. The van der Waals surface area contributed by atoms with Gasteiger partial charge in [-0.05, 0) is 45.1 Å². The largest absolute Gasteiger partial charge is 0.411 e. The number of hydrogen-bond acceptors (Lipinski definition) is 3. The summed E-state index contributed by atoms with van der Waals surface area (Å²) in [6.07, 6.45) is 10.7. The van der Waals surface area contributed by atoms with Crippen LogP contribution in [0.2, 0.25) is 0 Å². The fraction of sp³-hybridized carbons (Fsp3) is 0.929. The Balaban J connectivity index is 1.74. The van der Waals surface area contributed by atoms with Crippen molar-refractivity contribution in [2.24, 2.45) is 17.0 Å². The summed E-state index contributed by atoms with van der Waals surface area (Å²) in [6.45, 7) is 0. The summed E-state index contributed by atoms with van der Waals surface area (Å²) >= 11 is 0. The Hall–Kier alpha value is -0.570. The SMILES string of the molecule is CN(C1CCCCC1)C1/C(=N/O)C2CCC1C2. The summed E-state index contributed by atoms with van der Waals surface area (Å²) in [4.78, 5) is 2.54. The number of fused-ring (bicyclic) bond motifs is 2. The van der Waals surface area contributed by atoms with Crippen LogP contribution < -0.4 is 0 Å². The molecule has 0 saturated heterocycles. The molecule has 3 unspecified atom stereocenters. The molecule has 96 valence electrons. The van der Waals surface area contributed by atoms with Gasteiger partial charge in [-0.25, -0.2) is 0 Å². The van der Waals surface area contributed by atoms with Crippen LogP contribution in [0.3, 0.4) is 0 Å². The molecule has 0 spiro atoms. The molecule has 2 bridgehead atoms. The standard InChI is InChI=1S/C14H24N2O/c1-16(12-5-3-2-4-6-12)14-11-8-7-10(9-11)13(14)15-17/h10-12,14,17H,2-9H2,1H3/b15-13+. The minimum absolute atomic E-state index is 0.446. The summed E-state index contributed by atoms with van der Waals surface area (Å²) < 4.78 is 0. The van der Waals surface area contributed by atoms with Gasteiger partial charge in [0.1, 0.15) is 0 Å². The first-order valence-corrected chi connectivity index (χ1v) is 7.25. The van der Waals surface area contributed by atoms with Crippen LogP contribution in [0.5, 0.6) is 0 Å². The van der Waals surface area contributed by atoms with Crippen molar-refractivity contribution in [3.05, 3.63) is 0 Å². The molecule has 3 aliphatic rings. The van der Waals surface area contributed by atoms with Crippen LogP contribution in [-0.4, -0.2) is 35.0 Å². The lowest BCUT2D eigenvalue weighted by Crippen LogP contribution is -2.48. The van der Waals surface area contributed by atoms with E-state index in [1.807, 2.05) is 0 Å². The predicted molar refractivity (Wildman–Crippen MR) is 68.5 cm³/mol. The molecule has 0 heterocycles. The van der Waals surface area contributed by atoms with E-state index in [9.17, 15) is 5.21 Å². The molecule has 3 nitrogen and oxygen atoms in total. The second-order valence-corrected chi connectivity index (χ2v) is 6.20. The van der Waals surface area contributed by atoms with Crippen molar-refractivity contribution in [3.63, 3.8) is 0 Å². The van der Waals surface area contributed by atoms with E-state index in [2.05, 4.69) is 17.1 Å². The fourth-order valence-corrected chi connectivity index (χ4v) is 4.45. The van der Waals surface area contributed by atoms with Gasteiger partial charge >= 0.3 is 0 Å². The minimum atomic E-state index is 0.446. The third-order valence-electron chi connectivity index (χ3n) is 5.35. The Bertz CT molecular complexity index is 309. The lowest BCUT2D eigenvalue weighted by Gasteiger charge is -2.39. The molecular weight excluding hydrogens is 212 g/mol. The average Bonchev–Trinajstić information content (AvgIpc) is 2.98. The molecule has 1 N–H and O–H groups in total. The Kier molecular flexibility index (Phi) is 3.12. The van der Waals surface area contributed by atoms with Crippen molar-refractivity contribution in [2.75, 3.05) is 7.05 Å². The second kappa shape index (κ2) is 4.60. The van der Waals surface area contributed by atoms with E-state index >= 15 is 0 Å². The van der Waals surface area contributed by atoms with Gasteiger partial charge in [0.05, 0.1) is 11.8 Å². The first-order chi connectivity index (χ1) is 8.31. The molecule has 0 amide bonds. The van der Waals surface area contributed by atoms with Gasteiger partial charge in [0.15, 0.2) is 0 Å². The Morgan fingerprint density at radius 1 is 1.12 bits per heavy atom. The quantitative estimate of drug-likeness (QED) is 0.591. The first-order valence-electron chi connectivity index (χ1n) is 7.25. The van der Waals surface area contributed by atoms with Crippen LogP contribution in [0.15, 0.2) is 5.16 Å². The Morgan fingerprint density at radius 2 is 1.88 bits per heavy atom. The lowest BCUT2D eigenvalue weighted by atomic mass is 9.88. The molecule has 0 aromatic heterocycles. The molecule has 3 saturated carbocycles.